The molecular weight excluding hydrogens is 164 g/mol. The Morgan fingerprint density at radius 2 is 2.38 bits per heavy atom. The van der Waals surface area contributed by atoms with Crippen LogP contribution in [0.25, 0.3) is 0 Å². The minimum atomic E-state index is 0.222. The molecule has 1 heterocycles. The molecule has 0 spiro atoms. The van der Waals surface area contributed by atoms with Crippen LogP contribution in [-0.4, -0.2) is 24.7 Å². The lowest BCUT2D eigenvalue weighted by molar-refractivity contribution is 0.129. The van der Waals surface area contributed by atoms with Crippen LogP contribution >= 0.6 is 0 Å². The fraction of sp³-hybridized carbons (Fsp3) is 0.500. The number of hydrogen-bond donors (Lipinski definition) is 1. The third-order valence-electron chi connectivity index (χ3n) is 1.99. The monoisotopic (exact) mass is 180 g/mol. The number of aryl methyl sites for hydroxylation is 1. The number of pyridine rings is 1. The van der Waals surface area contributed by atoms with E-state index in [1.165, 1.54) is 0 Å². The van der Waals surface area contributed by atoms with Gasteiger partial charge in [0.15, 0.2) is 0 Å². The van der Waals surface area contributed by atoms with Crippen LogP contribution in [0.5, 0.6) is 0 Å². The minimum Gasteiger partial charge on any atom is -0.381 e. The Labute approximate surface area is 79.1 Å². The largest absolute Gasteiger partial charge is 0.381 e. The lowest BCUT2D eigenvalue weighted by atomic mass is 10.3. The van der Waals surface area contributed by atoms with Gasteiger partial charge in [-0.2, -0.15) is 0 Å². The van der Waals surface area contributed by atoms with Gasteiger partial charge in [0.05, 0.1) is 17.5 Å². The van der Waals surface area contributed by atoms with Crippen molar-refractivity contribution in [2.24, 2.45) is 0 Å². The summed E-state index contributed by atoms with van der Waals surface area (Å²) >= 11 is 0. The Morgan fingerprint density at radius 3 is 3.00 bits per heavy atom. The first-order valence-electron chi connectivity index (χ1n) is 4.42. The molecule has 1 atom stereocenters. The molecule has 0 saturated carbocycles. The molecule has 1 unspecified atom stereocenters. The minimum absolute atomic E-state index is 0.222. The summed E-state index contributed by atoms with van der Waals surface area (Å²) in [4.78, 5) is 4.18. The molecule has 13 heavy (non-hydrogen) atoms. The van der Waals surface area contributed by atoms with Crippen molar-refractivity contribution < 1.29 is 4.74 Å². The molecule has 0 aromatic carbocycles. The lowest BCUT2D eigenvalue weighted by Crippen LogP contribution is -2.18. The van der Waals surface area contributed by atoms with Crippen molar-refractivity contribution in [2.45, 2.75) is 20.0 Å². The molecule has 0 fully saturated rings. The van der Waals surface area contributed by atoms with E-state index in [0.717, 1.165) is 17.9 Å². The number of anilines is 1. The van der Waals surface area contributed by atoms with Gasteiger partial charge in [0.1, 0.15) is 0 Å². The van der Waals surface area contributed by atoms with E-state index in [0.29, 0.717) is 0 Å². The van der Waals surface area contributed by atoms with Crippen LogP contribution in [0.15, 0.2) is 18.3 Å². The van der Waals surface area contributed by atoms with Gasteiger partial charge in [0.25, 0.3) is 0 Å². The van der Waals surface area contributed by atoms with Crippen LogP contribution in [0.1, 0.15) is 12.6 Å². The van der Waals surface area contributed by atoms with E-state index in [-0.39, 0.29) is 6.10 Å². The molecule has 1 aromatic rings. The molecule has 1 rings (SSSR count). The number of rotatable bonds is 4. The van der Waals surface area contributed by atoms with Crippen molar-refractivity contribution in [1.82, 2.24) is 4.98 Å². The SMILES string of the molecule is COC(C)CNc1cccnc1C. The van der Waals surface area contributed by atoms with Crippen LogP contribution in [0, 0.1) is 6.92 Å². The summed E-state index contributed by atoms with van der Waals surface area (Å²) in [6, 6.07) is 3.94. The third-order valence-corrected chi connectivity index (χ3v) is 1.99. The molecular formula is C10H16N2O. The fourth-order valence-corrected chi connectivity index (χ4v) is 1.01. The number of aromatic nitrogens is 1. The first-order chi connectivity index (χ1) is 6.24. The number of methoxy groups -OCH3 is 1. The summed E-state index contributed by atoms with van der Waals surface area (Å²) in [6.07, 6.45) is 2.01. The van der Waals surface area contributed by atoms with Gasteiger partial charge in [-0.1, -0.05) is 0 Å². The van der Waals surface area contributed by atoms with Crippen LogP contribution in [0.4, 0.5) is 5.69 Å². The van der Waals surface area contributed by atoms with E-state index in [4.69, 9.17) is 4.74 Å². The normalized spacial score (nSPS) is 12.5. The molecule has 3 heteroatoms. The van der Waals surface area contributed by atoms with Gasteiger partial charge in [-0.05, 0) is 26.0 Å². The Bertz CT molecular complexity index is 263. The van der Waals surface area contributed by atoms with Crippen molar-refractivity contribution in [3.05, 3.63) is 24.0 Å². The van der Waals surface area contributed by atoms with E-state index in [2.05, 4.69) is 10.3 Å². The standard InChI is InChI=1S/C10H16N2O/c1-8(13-3)7-12-10-5-4-6-11-9(10)2/h4-6,8,12H,7H2,1-3H3. The number of hydrogen-bond acceptors (Lipinski definition) is 3. The third kappa shape index (κ3) is 3.03. The molecule has 0 bridgehead atoms. The van der Waals surface area contributed by atoms with Crippen molar-refractivity contribution in [3.8, 4) is 0 Å². The Morgan fingerprint density at radius 1 is 1.62 bits per heavy atom. The van der Waals surface area contributed by atoms with Gasteiger partial charge in [-0.15, -0.1) is 0 Å². The summed E-state index contributed by atoms with van der Waals surface area (Å²) in [6.45, 7) is 4.82. The maximum Gasteiger partial charge on any atom is 0.0715 e. The summed E-state index contributed by atoms with van der Waals surface area (Å²) in [7, 11) is 1.71. The average Bonchev–Trinajstić information content (AvgIpc) is 2.16. The molecule has 0 amide bonds. The number of nitrogens with zero attached hydrogens (tertiary/aromatic N) is 1. The van der Waals surface area contributed by atoms with Crippen LogP contribution < -0.4 is 5.32 Å². The van der Waals surface area contributed by atoms with Crippen LogP contribution in [-0.2, 0) is 4.74 Å². The highest BCUT2D eigenvalue weighted by Crippen LogP contribution is 2.09. The first kappa shape index (κ1) is 9.99. The topological polar surface area (TPSA) is 34.1 Å². The lowest BCUT2D eigenvalue weighted by Gasteiger charge is -2.12. The molecule has 0 saturated heterocycles. The van der Waals surface area contributed by atoms with Crippen LogP contribution in [0.2, 0.25) is 0 Å². The maximum absolute atomic E-state index is 5.13. The average molecular weight is 180 g/mol. The quantitative estimate of drug-likeness (QED) is 0.767. The van der Waals surface area contributed by atoms with E-state index in [9.17, 15) is 0 Å². The zero-order valence-electron chi connectivity index (χ0n) is 8.37. The zero-order valence-corrected chi connectivity index (χ0v) is 8.37. The Hall–Kier alpha value is -1.09. The number of nitrogens with one attached hydrogen (secondary N) is 1. The predicted molar refractivity (Wildman–Crippen MR) is 53.9 cm³/mol. The van der Waals surface area contributed by atoms with Crippen LogP contribution in [0.3, 0.4) is 0 Å². The second-order valence-corrected chi connectivity index (χ2v) is 3.06. The molecule has 0 aliphatic carbocycles. The van der Waals surface area contributed by atoms with Crippen molar-refractivity contribution in [2.75, 3.05) is 19.0 Å². The van der Waals surface area contributed by atoms with Gasteiger partial charge in [0.2, 0.25) is 0 Å². The maximum atomic E-state index is 5.13. The van der Waals surface area contributed by atoms with Gasteiger partial charge in [0, 0.05) is 19.9 Å². The molecule has 0 aliphatic rings. The second kappa shape index (κ2) is 4.82. The Kier molecular flexibility index (Phi) is 3.71. The van der Waals surface area contributed by atoms with Gasteiger partial charge >= 0.3 is 0 Å². The predicted octanol–water partition coefficient (Wildman–Crippen LogP) is 1.84. The van der Waals surface area contributed by atoms with E-state index >= 15 is 0 Å². The first-order valence-corrected chi connectivity index (χ1v) is 4.42. The van der Waals surface area contributed by atoms with Gasteiger partial charge in [-0.3, -0.25) is 4.98 Å². The number of ether oxygens (including phenoxy) is 1. The summed E-state index contributed by atoms with van der Waals surface area (Å²) < 4.78 is 5.13. The molecule has 1 aromatic heterocycles. The van der Waals surface area contributed by atoms with Gasteiger partial charge < -0.3 is 10.1 Å². The zero-order chi connectivity index (χ0) is 9.68. The van der Waals surface area contributed by atoms with Crippen molar-refractivity contribution in [3.63, 3.8) is 0 Å². The molecule has 3 nitrogen and oxygen atoms in total. The smallest absolute Gasteiger partial charge is 0.0715 e. The van der Waals surface area contributed by atoms with E-state index in [1.54, 1.807) is 13.3 Å². The highest BCUT2D eigenvalue weighted by atomic mass is 16.5. The highest BCUT2D eigenvalue weighted by Gasteiger charge is 2.00. The summed E-state index contributed by atoms with van der Waals surface area (Å²) in [5.41, 5.74) is 2.09. The van der Waals surface area contributed by atoms with Gasteiger partial charge in [-0.25, -0.2) is 0 Å². The molecule has 1 N–H and O–H groups in total. The molecule has 72 valence electrons. The fourth-order valence-electron chi connectivity index (χ4n) is 1.01. The Balaban J connectivity index is 2.50. The van der Waals surface area contributed by atoms with Crippen molar-refractivity contribution in [1.29, 1.82) is 0 Å². The summed E-state index contributed by atoms with van der Waals surface area (Å²) in [5, 5.41) is 3.28. The van der Waals surface area contributed by atoms with E-state index in [1.807, 2.05) is 26.0 Å². The van der Waals surface area contributed by atoms with E-state index < -0.39 is 0 Å². The highest BCUT2D eigenvalue weighted by molar-refractivity contribution is 5.46. The summed E-state index contributed by atoms with van der Waals surface area (Å²) in [5.74, 6) is 0. The second-order valence-electron chi connectivity index (χ2n) is 3.06. The van der Waals surface area contributed by atoms with Crippen molar-refractivity contribution >= 4 is 5.69 Å². The molecule has 0 aliphatic heterocycles. The molecule has 0 radical (unpaired) electrons.